The molecule has 0 aromatic heterocycles. The summed E-state index contributed by atoms with van der Waals surface area (Å²) >= 11 is 12.0. The molecule has 0 atom stereocenters. The second-order valence-electron chi connectivity index (χ2n) is 6.22. The standard InChI is InChI=1S/C17H21Cl2NO3/c1-11-5-7-17(8-6-11,16(22)23-2)20-15(21)9-12-3-4-13(18)10-14(12)19/h3-4,10-11H,5-9H2,1-2H3,(H,20,21). The first-order valence-corrected chi connectivity index (χ1v) is 8.45. The van der Waals surface area contributed by atoms with Gasteiger partial charge in [0.25, 0.3) is 0 Å². The molecular weight excluding hydrogens is 337 g/mol. The Hall–Kier alpha value is -1.26. The van der Waals surface area contributed by atoms with Crippen LogP contribution in [0.4, 0.5) is 0 Å². The zero-order valence-electron chi connectivity index (χ0n) is 13.3. The van der Waals surface area contributed by atoms with Crippen LogP contribution in [0.1, 0.15) is 38.2 Å². The van der Waals surface area contributed by atoms with E-state index in [0.29, 0.717) is 34.4 Å². The minimum atomic E-state index is -0.919. The average molecular weight is 358 g/mol. The van der Waals surface area contributed by atoms with Gasteiger partial charge in [-0.25, -0.2) is 4.79 Å². The number of ether oxygens (including phenoxy) is 1. The van der Waals surface area contributed by atoms with Crippen molar-refractivity contribution >= 4 is 35.1 Å². The lowest BCUT2D eigenvalue weighted by Crippen LogP contribution is -2.57. The topological polar surface area (TPSA) is 55.4 Å². The number of rotatable bonds is 4. The van der Waals surface area contributed by atoms with E-state index in [9.17, 15) is 9.59 Å². The average Bonchev–Trinajstić information content (AvgIpc) is 2.52. The van der Waals surface area contributed by atoms with Crippen LogP contribution >= 0.6 is 23.2 Å². The van der Waals surface area contributed by atoms with Crippen molar-refractivity contribution in [1.29, 1.82) is 0 Å². The number of benzene rings is 1. The van der Waals surface area contributed by atoms with Gasteiger partial charge in [0.15, 0.2) is 0 Å². The quantitative estimate of drug-likeness (QED) is 0.834. The molecule has 6 heteroatoms. The molecular formula is C17H21Cl2NO3. The van der Waals surface area contributed by atoms with Crippen LogP contribution in [-0.4, -0.2) is 24.5 Å². The Kier molecular flexibility index (Phi) is 5.93. The summed E-state index contributed by atoms with van der Waals surface area (Å²) in [6, 6.07) is 5.01. The molecule has 1 N–H and O–H groups in total. The van der Waals surface area contributed by atoms with Crippen molar-refractivity contribution < 1.29 is 14.3 Å². The summed E-state index contributed by atoms with van der Waals surface area (Å²) in [5.41, 5.74) is -0.241. The molecule has 0 unspecified atom stereocenters. The fraction of sp³-hybridized carbons (Fsp3) is 0.529. The molecule has 1 aromatic rings. The molecule has 1 fully saturated rings. The number of hydrogen-bond donors (Lipinski definition) is 1. The van der Waals surface area contributed by atoms with E-state index in [-0.39, 0.29) is 18.3 Å². The molecule has 0 radical (unpaired) electrons. The SMILES string of the molecule is COC(=O)C1(NC(=O)Cc2ccc(Cl)cc2Cl)CCC(C)CC1. The summed E-state index contributed by atoms with van der Waals surface area (Å²) < 4.78 is 4.92. The van der Waals surface area contributed by atoms with Crippen LogP contribution in [0.25, 0.3) is 0 Å². The summed E-state index contributed by atoms with van der Waals surface area (Å²) in [6.45, 7) is 2.15. The van der Waals surface area contributed by atoms with Crippen molar-refractivity contribution in [3.63, 3.8) is 0 Å². The van der Waals surface area contributed by atoms with E-state index in [2.05, 4.69) is 12.2 Å². The van der Waals surface area contributed by atoms with Gasteiger partial charge in [-0.05, 0) is 49.3 Å². The van der Waals surface area contributed by atoms with Gasteiger partial charge in [0.05, 0.1) is 13.5 Å². The lowest BCUT2D eigenvalue weighted by Gasteiger charge is -2.37. The van der Waals surface area contributed by atoms with Crippen LogP contribution in [0.3, 0.4) is 0 Å². The molecule has 1 aliphatic rings. The molecule has 0 aliphatic heterocycles. The van der Waals surface area contributed by atoms with Gasteiger partial charge >= 0.3 is 5.97 Å². The third-order valence-corrected chi connectivity index (χ3v) is 5.04. The molecule has 1 saturated carbocycles. The maximum Gasteiger partial charge on any atom is 0.331 e. The number of carbonyl (C=O) groups is 2. The van der Waals surface area contributed by atoms with Gasteiger partial charge in [-0.15, -0.1) is 0 Å². The van der Waals surface area contributed by atoms with Gasteiger partial charge < -0.3 is 10.1 Å². The van der Waals surface area contributed by atoms with Crippen molar-refractivity contribution in [3.05, 3.63) is 33.8 Å². The fourth-order valence-corrected chi connectivity index (χ4v) is 3.45. The largest absolute Gasteiger partial charge is 0.467 e. The van der Waals surface area contributed by atoms with Crippen molar-refractivity contribution in [2.45, 2.75) is 44.6 Å². The molecule has 1 aliphatic carbocycles. The molecule has 1 aromatic carbocycles. The predicted molar refractivity (Wildman–Crippen MR) is 90.7 cm³/mol. The van der Waals surface area contributed by atoms with Crippen LogP contribution in [0.15, 0.2) is 18.2 Å². The smallest absolute Gasteiger partial charge is 0.331 e. The molecule has 0 saturated heterocycles. The molecule has 0 spiro atoms. The minimum Gasteiger partial charge on any atom is -0.467 e. The predicted octanol–water partition coefficient (Wildman–Crippen LogP) is 3.77. The minimum absolute atomic E-state index is 0.101. The Bertz CT molecular complexity index is 596. The number of halogens is 2. The number of amides is 1. The molecule has 2 rings (SSSR count). The van der Waals surface area contributed by atoms with Crippen molar-refractivity contribution in [3.8, 4) is 0 Å². The Morgan fingerprint density at radius 3 is 2.52 bits per heavy atom. The van der Waals surface area contributed by atoms with Crippen LogP contribution in [0, 0.1) is 5.92 Å². The molecule has 0 heterocycles. The summed E-state index contributed by atoms with van der Waals surface area (Å²) in [4.78, 5) is 24.6. The molecule has 126 valence electrons. The second-order valence-corrected chi connectivity index (χ2v) is 7.06. The number of esters is 1. The maximum atomic E-state index is 12.4. The normalized spacial score (nSPS) is 24.1. The first-order chi connectivity index (χ1) is 10.9. The zero-order valence-corrected chi connectivity index (χ0v) is 14.8. The Labute approximate surface area is 146 Å². The Balaban J connectivity index is 2.10. The van der Waals surface area contributed by atoms with Crippen molar-refractivity contribution in [2.24, 2.45) is 5.92 Å². The first-order valence-electron chi connectivity index (χ1n) is 7.69. The van der Waals surface area contributed by atoms with Crippen LogP contribution in [0.5, 0.6) is 0 Å². The first kappa shape index (κ1) is 18.1. The number of methoxy groups -OCH3 is 1. The third-order valence-electron chi connectivity index (χ3n) is 4.45. The highest BCUT2D eigenvalue weighted by atomic mass is 35.5. The molecule has 4 nitrogen and oxygen atoms in total. The van der Waals surface area contributed by atoms with Crippen LogP contribution in [0.2, 0.25) is 10.0 Å². The Morgan fingerprint density at radius 2 is 1.96 bits per heavy atom. The van der Waals surface area contributed by atoms with E-state index in [1.807, 2.05) is 0 Å². The summed E-state index contributed by atoms with van der Waals surface area (Å²) in [7, 11) is 1.35. The number of hydrogen-bond acceptors (Lipinski definition) is 3. The van der Waals surface area contributed by atoms with Gasteiger partial charge in [-0.1, -0.05) is 36.2 Å². The monoisotopic (exact) mass is 357 g/mol. The zero-order chi connectivity index (χ0) is 17.0. The third kappa shape index (κ3) is 4.39. The highest BCUT2D eigenvalue weighted by Crippen LogP contribution is 2.33. The number of nitrogens with one attached hydrogen (secondary N) is 1. The van der Waals surface area contributed by atoms with E-state index in [1.54, 1.807) is 18.2 Å². The summed E-state index contributed by atoms with van der Waals surface area (Å²) in [5, 5.41) is 3.85. The van der Waals surface area contributed by atoms with Gasteiger partial charge in [0, 0.05) is 10.0 Å². The van der Waals surface area contributed by atoms with E-state index < -0.39 is 5.54 Å². The molecule has 0 bridgehead atoms. The highest BCUT2D eigenvalue weighted by molar-refractivity contribution is 6.35. The van der Waals surface area contributed by atoms with E-state index in [4.69, 9.17) is 27.9 Å². The fourth-order valence-electron chi connectivity index (χ4n) is 2.98. The Morgan fingerprint density at radius 1 is 1.30 bits per heavy atom. The van der Waals surface area contributed by atoms with Crippen molar-refractivity contribution in [2.75, 3.05) is 7.11 Å². The number of carbonyl (C=O) groups excluding carboxylic acids is 2. The van der Waals surface area contributed by atoms with E-state index in [0.717, 1.165) is 12.8 Å². The van der Waals surface area contributed by atoms with E-state index in [1.165, 1.54) is 7.11 Å². The van der Waals surface area contributed by atoms with Crippen LogP contribution < -0.4 is 5.32 Å². The van der Waals surface area contributed by atoms with Crippen molar-refractivity contribution in [1.82, 2.24) is 5.32 Å². The van der Waals surface area contributed by atoms with Gasteiger partial charge in [0.1, 0.15) is 5.54 Å². The van der Waals surface area contributed by atoms with Gasteiger partial charge in [-0.2, -0.15) is 0 Å². The summed E-state index contributed by atoms with van der Waals surface area (Å²) in [6.07, 6.45) is 3.07. The summed E-state index contributed by atoms with van der Waals surface area (Å²) in [5.74, 6) is -0.0653. The second kappa shape index (κ2) is 7.54. The lowest BCUT2D eigenvalue weighted by molar-refractivity contribution is -0.153. The van der Waals surface area contributed by atoms with E-state index >= 15 is 0 Å². The highest BCUT2D eigenvalue weighted by Gasteiger charge is 2.43. The van der Waals surface area contributed by atoms with Crippen LogP contribution in [-0.2, 0) is 20.7 Å². The maximum absolute atomic E-state index is 12.4. The molecule has 23 heavy (non-hydrogen) atoms. The van der Waals surface area contributed by atoms with Gasteiger partial charge in [0.2, 0.25) is 5.91 Å². The lowest BCUT2D eigenvalue weighted by atomic mass is 9.77. The molecule has 1 amide bonds. The van der Waals surface area contributed by atoms with Gasteiger partial charge in [-0.3, -0.25) is 4.79 Å².